The van der Waals surface area contributed by atoms with Gasteiger partial charge in [-0.25, -0.2) is 19.9 Å². The largest absolute Gasteiger partial charge is 0.293 e. The lowest BCUT2D eigenvalue weighted by Crippen LogP contribution is -2.01. The highest BCUT2D eigenvalue weighted by molar-refractivity contribution is 6.09. The molecule has 0 N–H and O–H groups in total. The maximum absolute atomic E-state index is 4.78. The van der Waals surface area contributed by atoms with Crippen molar-refractivity contribution in [3.8, 4) is 23.0 Å². The summed E-state index contributed by atoms with van der Waals surface area (Å²) in [5, 5.41) is 4.78. The SMILES string of the molecule is c1ccc2c(c1)c1ccccc1n2-c1cnc(-c2cnc(-n3c4ccccc4c4ccccc43)cn2)cn1. The third kappa shape index (κ3) is 3.01. The molecule has 0 aliphatic rings. The molecule has 0 fully saturated rings. The Bertz CT molecular complexity index is 1860. The van der Waals surface area contributed by atoms with E-state index in [1.807, 2.05) is 24.3 Å². The Morgan fingerprint density at radius 2 is 0.658 bits per heavy atom. The Morgan fingerprint density at radius 3 is 0.947 bits per heavy atom. The highest BCUT2D eigenvalue weighted by atomic mass is 15.1. The standard InChI is InChI=1S/C32H20N6/c1-5-13-27-21(9-1)22-10-2-6-14-28(22)37(27)31-19-33-25(17-35-31)26-18-36-32(20-34-26)38-29-15-7-3-11-23(29)24-12-4-8-16-30(24)38/h1-20H. The summed E-state index contributed by atoms with van der Waals surface area (Å²) >= 11 is 0. The first-order valence-corrected chi connectivity index (χ1v) is 12.5. The summed E-state index contributed by atoms with van der Waals surface area (Å²) in [4.78, 5) is 19.0. The number of nitrogens with zero attached hydrogens (tertiary/aromatic N) is 6. The van der Waals surface area contributed by atoms with Gasteiger partial charge in [-0.1, -0.05) is 72.8 Å². The third-order valence-corrected chi connectivity index (χ3v) is 7.16. The van der Waals surface area contributed by atoms with E-state index in [9.17, 15) is 0 Å². The van der Waals surface area contributed by atoms with Gasteiger partial charge in [-0.05, 0) is 24.3 Å². The molecular weight excluding hydrogens is 468 g/mol. The maximum Gasteiger partial charge on any atom is 0.156 e. The van der Waals surface area contributed by atoms with E-state index in [1.165, 1.54) is 21.5 Å². The van der Waals surface area contributed by atoms with Crippen LogP contribution >= 0.6 is 0 Å². The van der Waals surface area contributed by atoms with Crippen LogP contribution in [0.5, 0.6) is 0 Å². The molecule has 0 bridgehead atoms. The van der Waals surface area contributed by atoms with E-state index in [2.05, 4.69) is 81.9 Å². The molecular formula is C32H20N6. The van der Waals surface area contributed by atoms with Crippen molar-refractivity contribution in [2.24, 2.45) is 0 Å². The molecule has 4 aromatic heterocycles. The summed E-state index contributed by atoms with van der Waals surface area (Å²) < 4.78 is 4.30. The zero-order valence-corrected chi connectivity index (χ0v) is 20.2. The van der Waals surface area contributed by atoms with Crippen molar-refractivity contribution in [1.82, 2.24) is 29.1 Å². The van der Waals surface area contributed by atoms with Crippen LogP contribution in [0.4, 0.5) is 0 Å². The first-order valence-electron chi connectivity index (χ1n) is 12.5. The fourth-order valence-electron chi connectivity index (χ4n) is 5.48. The van der Waals surface area contributed by atoms with Gasteiger partial charge in [0.25, 0.3) is 0 Å². The average molecular weight is 489 g/mol. The smallest absolute Gasteiger partial charge is 0.156 e. The van der Waals surface area contributed by atoms with Gasteiger partial charge in [-0.15, -0.1) is 0 Å². The predicted octanol–water partition coefficient (Wildman–Crippen LogP) is 7.13. The highest BCUT2D eigenvalue weighted by Crippen LogP contribution is 2.32. The minimum Gasteiger partial charge on any atom is -0.293 e. The molecule has 8 rings (SSSR count). The van der Waals surface area contributed by atoms with Crippen molar-refractivity contribution in [3.05, 3.63) is 122 Å². The molecule has 38 heavy (non-hydrogen) atoms. The van der Waals surface area contributed by atoms with Gasteiger partial charge in [0.15, 0.2) is 11.6 Å². The quantitative estimate of drug-likeness (QED) is 0.265. The Balaban J connectivity index is 1.20. The van der Waals surface area contributed by atoms with E-state index in [0.29, 0.717) is 11.4 Å². The lowest BCUT2D eigenvalue weighted by atomic mass is 10.2. The molecule has 178 valence electrons. The van der Waals surface area contributed by atoms with Crippen LogP contribution in [0.3, 0.4) is 0 Å². The van der Waals surface area contributed by atoms with E-state index in [1.54, 1.807) is 24.8 Å². The Hall–Kier alpha value is -5.36. The minimum atomic E-state index is 0.677. The molecule has 4 heterocycles. The number of hydrogen-bond donors (Lipinski definition) is 0. The van der Waals surface area contributed by atoms with Gasteiger partial charge < -0.3 is 0 Å². The number of benzene rings is 4. The van der Waals surface area contributed by atoms with Crippen LogP contribution in [0.2, 0.25) is 0 Å². The molecule has 0 spiro atoms. The molecule has 8 aromatic rings. The van der Waals surface area contributed by atoms with Crippen LogP contribution in [0.25, 0.3) is 66.6 Å². The molecule has 4 aromatic carbocycles. The fraction of sp³-hybridized carbons (Fsp3) is 0. The summed E-state index contributed by atoms with van der Waals surface area (Å²) in [6.45, 7) is 0. The molecule has 0 aliphatic heterocycles. The predicted molar refractivity (Wildman–Crippen MR) is 152 cm³/mol. The van der Waals surface area contributed by atoms with E-state index in [-0.39, 0.29) is 0 Å². The van der Waals surface area contributed by atoms with Gasteiger partial charge in [-0.2, -0.15) is 0 Å². The molecule has 0 aliphatic carbocycles. The van der Waals surface area contributed by atoms with Gasteiger partial charge in [0.1, 0.15) is 11.4 Å². The van der Waals surface area contributed by atoms with Crippen LogP contribution in [-0.2, 0) is 0 Å². The molecule has 0 radical (unpaired) electrons. The highest BCUT2D eigenvalue weighted by Gasteiger charge is 2.15. The van der Waals surface area contributed by atoms with Gasteiger partial charge in [0.2, 0.25) is 0 Å². The second-order valence-corrected chi connectivity index (χ2v) is 9.26. The van der Waals surface area contributed by atoms with Crippen molar-refractivity contribution in [3.63, 3.8) is 0 Å². The number of hydrogen-bond acceptors (Lipinski definition) is 4. The second kappa shape index (κ2) is 8.08. The van der Waals surface area contributed by atoms with Gasteiger partial charge in [-0.3, -0.25) is 9.13 Å². The normalized spacial score (nSPS) is 11.7. The third-order valence-electron chi connectivity index (χ3n) is 7.16. The summed E-state index contributed by atoms with van der Waals surface area (Å²) in [6, 6.07) is 33.5. The summed E-state index contributed by atoms with van der Waals surface area (Å²) in [5.74, 6) is 1.53. The number of rotatable bonds is 3. The van der Waals surface area contributed by atoms with Crippen molar-refractivity contribution in [2.45, 2.75) is 0 Å². The Morgan fingerprint density at radius 1 is 0.342 bits per heavy atom. The summed E-state index contributed by atoms with van der Waals surface area (Å²) in [7, 11) is 0. The lowest BCUT2D eigenvalue weighted by Gasteiger charge is -2.08. The zero-order valence-electron chi connectivity index (χ0n) is 20.2. The maximum atomic E-state index is 4.78. The van der Waals surface area contributed by atoms with Crippen LogP contribution in [0.15, 0.2) is 122 Å². The van der Waals surface area contributed by atoms with Crippen LogP contribution < -0.4 is 0 Å². The number of aromatic nitrogens is 6. The zero-order chi connectivity index (χ0) is 25.1. The van der Waals surface area contributed by atoms with Crippen LogP contribution in [0.1, 0.15) is 0 Å². The van der Waals surface area contributed by atoms with E-state index in [4.69, 9.17) is 19.9 Å². The number of para-hydroxylation sites is 4. The average Bonchev–Trinajstić information content (AvgIpc) is 3.51. The molecule has 6 heteroatoms. The molecule has 6 nitrogen and oxygen atoms in total. The van der Waals surface area contributed by atoms with Gasteiger partial charge in [0.05, 0.1) is 46.9 Å². The van der Waals surface area contributed by atoms with Crippen molar-refractivity contribution in [1.29, 1.82) is 0 Å². The van der Waals surface area contributed by atoms with Crippen LogP contribution in [-0.4, -0.2) is 29.1 Å². The monoisotopic (exact) mass is 488 g/mol. The van der Waals surface area contributed by atoms with Crippen molar-refractivity contribution < 1.29 is 0 Å². The lowest BCUT2D eigenvalue weighted by molar-refractivity contribution is 1.02. The van der Waals surface area contributed by atoms with E-state index >= 15 is 0 Å². The van der Waals surface area contributed by atoms with Crippen LogP contribution in [0, 0.1) is 0 Å². The second-order valence-electron chi connectivity index (χ2n) is 9.26. The fourth-order valence-corrected chi connectivity index (χ4v) is 5.48. The van der Waals surface area contributed by atoms with E-state index in [0.717, 1.165) is 33.7 Å². The minimum absolute atomic E-state index is 0.677. The van der Waals surface area contributed by atoms with Crippen molar-refractivity contribution in [2.75, 3.05) is 0 Å². The first kappa shape index (κ1) is 20.8. The molecule has 0 amide bonds. The Kier molecular flexibility index (Phi) is 4.42. The topological polar surface area (TPSA) is 61.4 Å². The number of fused-ring (bicyclic) bond motifs is 6. The first-order chi connectivity index (χ1) is 18.9. The van der Waals surface area contributed by atoms with Gasteiger partial charge >= 0.3 is 0 Å². The summed E-state index contributed by atoms with van der Waals surface area (Å²) in [5.41, 5.74) is 5.76. The van der Waals surface area contributed by atoms with E-state index < -0.39 is 0 Å². The molecule has 0 saturated carbocycles. The molecule has 0 saturated heterocycles. The van der Waals surface area contributed by atoms with Gasteiger partial charge in [0, 0.05) is 21.5 Å². The molecule has 0 unspecified atom stereocenters. The Labute approximate surface area is 217 Å². The van der Waals surface area contributed by atoms with Crippen molar-refractivity contribution >= 4 is 43.6 Å². The molecule has 0 atom stereocenters. The summed E-state index contributed by atoms with van der Waals surface area (Å²) in [6.07, 6.45) is 7.14.